The molecule has 0 spiro atoms. The summed E-state index contributed by atoms with van der Waals surface area (Å²) in [5.41, 5.74) is -1.44. The van der Waals surface area contributed by atoms with Crippen molar-refractivity contribution in [1.82, 2.24) is 10.6 Å². The zero-order valence-electron chi connectivity index (χ0n) is 36.5. The van der Waals surface area contributed by atoms with Crippen LogP contribution in [-0.2, 0) is 19.1 Å². The van der Waals surface area contributed by atoms with E-state index in [1.807, 2.05) is 13.8 Å². The molecule has 0 fully saturated rings. The van der Waals surface area contributed by atoms with Crippen molar-refractivity contribution in [3.63, 3.8) is 0 Å². The molecule has 54 heavy (non-hydrogen) atoms. The lowest BCUT2D eigenvalue weighted by Gasteiger charge is -2.40. The number of rotatable bonds is 42. The van der Waals surface area contributed by atoms with Crippen LogP contribution in [0.3, 0.4) is 0 Å². The summed E-state index contributed by atoms with van der Waals surface area (Å²) in [5.74, 6) is -0.684. The summed E-state index contributed by atoms with van der Waals surface area (Å²) >= 11 is 0. The average Bonchev–Trinajstić information content (AvgIpc) is 3.16. The summed E-state index contributed by atoms with van der Waals surface area (Å²) in [4.78, 5) is 27.4. The van der Waals surface area contributed by atoms with Crippen molar-refractivity contribution in [2.45, 2.75) is 264 Å². The van der Waals surface area contributed by atoms with Crippen LogP contribution >= 0.6 is 0 Å². The maximum Gasteiger partial charge on any atom is 0.251 e. The largest absolute Gasteiger partial charge is 0.396 e. The van der Waals surface area contributed by atoms with Crippen LogP contribution in [-0.4, -0.2) is 65.8 Å². The molecule has 3 unspecified atom stereocenters. The van der Waals surface area contributed by atoms with Gasteiger partial charge in [-0.25, -0.2) is 0 Å². The molecular weight excluding hydrogens is 677 g/mol. The third-order valence-electron chi connectivity index (χ3n) is 11.1. The van der Waals surface area contributed by atoms with Gasteiger partial charge in [0.05, 0.1) is 6.10 Å². The fourth-order valence-electron chi connectivity index (χ4n) is 7.56. The first-order chi connectivity index (χ1) is 26.3. The minimum absolute atomic E-state index is 0.123. The van der Waals surface area contributed by atoms with Crippen LogP contribution in [0.2, 0.25) is 0 Å². The van der Waals surface area contributed by atoms with Gasteiger partial charge in [0.25, 0.3) is 11.8 Å². The Morgan fingerprint density at radius 3 is 1.00 bits per heavy atom. The number of hydrogen-bond acceptors (Lipinski definition) is 6. The molecule has 0 aliphatic heterocycles. The van der Waals surface area contributed by atoms with E-state index >= 15 is 0 Å². The van der Waals surface area contributed by atoms with Crippen LogP contribution in [0.1, 0.15) is 240 Å². The van der Waals surface area contributed by atoms with E-state index in [-0.39, 0.29) is 24.8 Å². The van der Waals surface area contributed by atoms with Crippen LogP contribution < -0.4 is 10.6 Å². The molecule has 0 rings (SSSR count). The Balaban J connectivity index is 4.79. The maximum absolute atomic E-state index is 13.7. The first-order valence-corrected chi connectivity index (χ1v) is 23.5. The van der Waals surface area contributed by atoms with E-state index in [2.05, 4.69) is 24.5 Å². The molecule has 0 aliphatic rings. The number of nitrogens with one attached hydrogen (secondary N) is 2. The fraction of sp³-hybridized carbons (Fsp3) is 0.957. The summed E-state index contributed by atoms with van der Waals surface area (Å²) < 4.78 is 11.8. The van der Waals surface area contributed by atoms with Crippen molar-refractivity contribution in [3.8, 4) is 0 Å². The summed E-state index contributed by atoms with van der Waals surface area (Å²) in [6, 6.07) is 0. The highest BCUT2D eigenvalue weighted by Gasteiger charge is 2.41. The second-order valence-electron chi connectivity index (χ2n) is 16.1. The third-order valence-corrected chi connectivity index (χ3v) is 11.1. The van der Waals surface area contributed by atoms with Gasteiger partial charge in [-0.15, -0.1) is 0 Å². The Hall–Kier alpha value is -1.22. The second-order valence-corrected chi connectivity index (χ2v) is 16.1. The van der Waals surface area contributed by atoms with Crippen LogP contribution in [0.15, 0.2) is 0 Å². The van der Waals surface area contributed by atoms with E-state index in [4.69, 9.17) is 9.47 Å². The van der Waals surface area contributed by atoms with Crippen molar-refractivity contribution in [3.05, 3.63) is 0 Å². The van der Waals surface area contributed by atoms with Gasteiger partial charge in [0.15, 0.2) is 0 Å². The third kappa shape index (κ3) is 29.1. The average molecular weight is 769 g/mol. The number of hydrogen-bond donors (Lipinski definition) is 4. The number of amides is 2. The Morgan fingerprint density at radius 1 is 0.481 bits per heavy atom. The van der Waals surface area contributed by atoms with Crippen molar-refractivity contribution >= 4 is 11.8 Å². The number of carbonyl (C=O) groups excluding carboxylic acids is 2. The van der Waals surface area contributed by atoms with E-state index in [1.165, 1.54) is 141 Å². The molecule has 4 N–H and O–H groups in total. The van der Waals surface area contributed by atoms with Crippen molar-refractivity contribution < 1.29 is 29.3 Å². The maximum atomic E-state index is 13.7. The molecule has 0 aliphatic carbocycles. The zero-order chi connectivity index (χ0) is 40.0. The Kier molecular flexibility index (Phi) is 37.8. The minimum atomic E-state index is -1.44. The van der Waals surface area contributed by atoms with Crippen molar-refractivity contribution in [1.29, 1.82) is 0 Å². The highest BCUT2D eigenvalue weighted by molar-refractivity contribution is 5.85. The summed E-state index contributed by atoms with van der Waals surface area (Å²) in [6.45, 7) is 10.5. The van der Waals surface area contributed by atoms with Crippen LogP contribution in [0.25, 0.3) is 0 Å². The molecule has 0 bridgehead atoms. The number of aliphatic hydroxyl groups excluding tert-OH is 2. The van der Waals surface area contributed by atoms with Gasteiger partial charge >= 0.3 is 0 Å². The van der Waals surface area contributed by atoms with Gasteiger partial charge in [0.1, 0.15) is 17.9 Å². The summed E-state index contributed by atoms with van der Waals surface area (Å²) in [6.07, 6.45) is 34.8. The van der Waals surface area contributed by atoms with Crippen LogP contribution in [0, 0.1) is 0 Å². The molecule has 8 nitrogen and oxygen atoms in total. The number of ether oxygens (including phenoxy) is 2. The number of carbonyl (C=O) groups is 2. The van der Waals surface area contributed by atoms with E-state index < -0.39 is 24.0 Å². The highest BCUT2D eigenvalue weighted by Crippen LogP contribution is 2.21. The first-order valence-electron chi connectivity index (χ1n) is 23.5. The molecule has 3 atom stereocenters. The fourth-order valence-corrected chi connectivity index (χ4v) is 7.56. The van der Waals surface area contributed by atoms with E-state index in [0.717, 1.165) is 38.5 Å². The topological polar surface area (TPSA) is 117 Å². The number of aliphatic hydroxyl groups is 2. The SMILES string of the molecule is CCCCCCCCCCCCCCCCC(OCC)C(=O)NC(CCCO)(NC(=O)C(CCCCCCCCCCCCCCCC)OCC)C(C)O. The molecule has 0 saturated heterocycles. The van der Waals surface area contributed by atoms with Crippen molar-refractivity contribution in [2.75, 3.05) is 19.8 Å². The lowest BCUT2D eigenvalue weighted by molar-refractivity contribution is -0.143. The Morgan fingerprint density at radius 2 is 0.759 bits per heavy atom. The smallest absolute Gasteiger partial charge is 0.251 e. The molecular formula is C46H92N2O6. The lowest BCUT2D eigenvalue weighted by Crippen LogP contribution is -2.69. The van der Waals surface area contributed by atoms with E-state index in [9.17, 15) is 19.8 Å². The Labute approximate surface area is 334 Å². The lowest BCUT2D eigenvalue weighted by atomic mass is 9.95. The van der Waals surface area contributed by atoms with E-state index in [0.29, 0.717) is 32.5 Å². The summed E-state index contributed by atoms with van der Waals surface area (Å²) in [5, 5.41) is 26.7. The molecule has 2 amide bonds. The van der Waals surface area contributed by atoms with Gasteiger partial charge in [-0.05, 0) is 46.5 Å². The molecule has 322 valence electrons. The van der Waals surface area contributed by atoms with E-state index in [1.54, 1.807) is 6.92 Å². The van der Waals surface area contributed by atoms with Gasteiger partial charge in [0, 0.05) is 19.8 Å². The molecule has 0 heterocycles. The first kappa shape index (κ1) is 52.8. The molecule has 0 radical (unpaired) electrons. The minimum Gasteiger partial charge on any atom is -0.396 e. The molecule has 0 aromatic heterocycles. The predicted molar refractivity (Wildman–Crippen MR) is 228 cm³/mol. The summed E-state index contributed by atoms with van der Waals surface area (Å²) in [7, 11) is 0. The molecule has 0 aromatic rings. The van der Waals surface area contributed by atoms with Gasteiger partial charge < -0.3 is 30.3 Å². The monoisotopic (exact) mass is 769 g/mol. The predicted octanol–water partition coefficient (Wildman–Crippen LogP) is 11.6. The standard InChI is InChI=1S/C46H92N2O6/c1-6-10-12-14-16-18-20-22-24-26-28-30-32-34-37-42(53-8-3)44(51)47-46(41(5)50,39-36-40-49)48-45(52)43(54-9-4)38-35-33-31-29-27-25-23-21-19-17-15-13-11-7-2/h41-43,49-50H,6-40H2,1-5H3,(H,47,51)(H,48,52). The van der Waals surface area contributed by atoms with Gasteiger partial charge in [-0.3, -0.25) is 9.59 Å². The van der Waals surface area contributed by atoms with Crippen LogP contribution in [0.4, 0.5) is 0 Å². The normalized spacial score (nSPS) is 14.4. The van der Waals surface area contributed by atoms with Crippen LogP contribution in [0.5, 0.6) is 0 Å². The molecule has 0 aromatic carbocycles. The second kappa shape index (κ2) is 38.6. The highest BCUT2D eigenvalue weighted by atomic mass is 16.5. The number of unbranched alkanes of at least 4 members (excludes halogenated alkanes) is 26. The molecule has 8 heteroatoms. The van der Waals surface area contributed by atoms with Gasteiger partial charge in [-0.2, -0.15) is 0 Å². The van der Waals surface area contributed by atoms with Crippen molar-refractivity contribution in [2.24, 2.45) is 0 Å². The Bertz CT molecular complexity index is 769. The molecule has 0 saturated carbocycles. The quantitative estimate of drug-likeness (QED) is 0.0363. The van der Waals surface area contributed by atoms with Gasteiger partial charge in [0.2, 0.25) is 0 Å². The van der Waals surface area contributed by atoms with Gasteiger partial charge in [-0.1, -0.05) is 194 Å². The zero-order valence-corrected chi connectivity index (χ0v) is 36.5.